The van der Waals surface area contributed by atoms with E-state index in [4.69, 9.17) is 5.41 Å². The molecular weight excluding hydrogens is 248 g/mol. The Balaban J connectivity index is 2.49. The van der Waals surface area contributed by atoms with Crippen LogP contribution in [0.25, 0.3) is 0 Å². The predicted octanol–water partition coefficient (Wildman–Crippen LogP) is 0.718. The summed E-state index contributed by atoms with van der Waals surface area (Å²) >= 11 is 0. The molecule has 1 amide bonds. The molecule has 0 saturated heterocycles. The highest BCUT2D eigenvalue weighted by Crippen LogP contribution is 2.37. The van der Waals surface area contributed by atoms with Crippen molar-refractivity contribution in [3.05, 3.63) is 29.3 Å². The zero-order valence-electron chi connectivity index (χ0n) is 10.6. The van der Waals surface area contributed by atoms with E-state index in [9.17, 15) is 14.7 Å². The molecule has 1 aliphatic heterocycles. The van der Waals surface area contributed by atoms with Crippen LogP contribution in [0, 0.1) is 12.3 Å². The third-order valence-corrected chi connectivity index (χ3v) is 2.98. The van der Waals surface area contributed by atoms with Crippen LogP contribution in [0.2, 0.25) is 0 Å². The van der Waals surface area contributed by atoms with Gasteiger partial charge in [0, 0.05) is 11.3 Å². The molecule has 1 unspecified atom stereocenters. The molecule has 3 N–H and O–H groups in total. The largest absolute Gasteiger partial charge is 0.461 e. The molecule has 1 heterocycles. The summed E-state index contributed by atoms with van der Waals surface area (Å²) in [5.41, 5.74) is -1.66. The molecule has 6 nitrogen and oxygen atoms in total. The number of anilines is 1. The van der Waals surface area contributed by atoms with Crippen molar-refractivity contribution < 1.29 is 19.4 Å². The normalized spacial score (nSPS) is 20.7. The lowest BCUT2D eigenvalue weighted by Crippen LogP contribution is -2.46. The van der Waals surface area contributed by atoms with Crippen LogP contribution in [0.3, 0.4) is 0 Å². The number of esters is 1. The number of ether oxygens (including phenoxy) is 1. The first kappa shape index (κ1) is 13.2. The average Bonchev–Trinajstić information content (AvgIpc) is 2.62. The second-order valence-electron chi connectivity index (χ2n) is 4.31. The van der Waals surface area contributed by atoms with Gasteiger partial charge in [-0.1, -0.05) is 17.7 Å². The molecular formula is C13H14N2O4. The number of nitrogens with one attached hydrogen (secondary N) is 2. The summed E-state index contributed by atoms with van der Waals surface area (Å²) in [5.74, 6) is -1.82. The second kappa shape index (κ2) is 4.47. The van der Waals surface area contributed by atoms with Gasteiger partial charge in [-0.25, -0.2) is 4.79 Å². The minimum atomic E-state index is -2.28. The Morgan fingerprint density at radius 2 is 2.21 bits per heavy atom. The van der Waals surface area contributed by atoms with Gasteiger partial charge in [0.2, 0.25) is 5.60 Å². The molecule has 0 spiro atoms. The van der Waals surface area contributed by atoms with E-state index >= 15 is 0 Å². The van der Waals surface area contributed by atoms with E-state index in [1.165, 1.54) is 0 Å². The number of aryl methyl sites for hydroxylation is 1. The molecule has 19 heavy (non-hydrogen) atoms. The smallest absolute Gasteiger partial charge is 0.355 e. The Morgan fingerprint density at radius 1 is 1.53 bits per heavy atom. The van der Waals surface area contributed by atoms with Crippen molar-refractivity contribution in [3.8, 4) is 0 Å². The van der Waals surface area contributed by atoms with Crippen molar-refractivity contribution in [2.45, 2.75) is 19.4 Å². The molecule has 0 aliphatic carbocycles. The fourth-order valence-corrected chi connectivity index (χ4v) is 2.00. The number of hydrogen-bond acceptors (Lipinski definition) is 5. The zero-order valence-corrected chi connectivity index (χ0v) is 10.6. The van der Waals surface area contributed by atoms with Gasteiger partial charge in [-0.3, -0.25) is 10.2 Å². The maximum Gasteiger partial charge on any atom is 0.355 e. The molecule has 0 radical (unpaired) electrons. The standard InChI is InChI=1S/C13H14N2O4/c1-3-19-11(16)10(14)13(18)8-6-7(2)4-5-9(8)15-12(13)17/h4-6,14,18H,3H2,1-2H3,(H,15,17). The third kappa shape index (κ3) is 1.90. The fraction of sp³-hybridized carbons (Fsp3) is 0.308. The predicted molar refractivity (Wildman–Crippen MR) is 68.1 cm³/mol. The summed E-state index contributed by atoms with van der Waals surface area (Å²) in [5, 5.41) is 20.7. The monoisotopic (exact) mass is 262 g/mol. The van der Waals surface area contributed by atoms with Crippen molar-refractivity contribution in [2.24, 2.45) is 0 Å². The molecule has 1 atom stereocenters. The first-order chi connectivity index (χ1) is 8.91. The molecule has 0 saturated carbocycles. The second-order valence-corrected chi connectivity index (χ2v) is 4.31. The van der Waals surface area contributed by atoms with Gasteiger partial charge in [0.15, 0.2) is 5.71 Å². The van der Waals surface area contributed by atoms with Crippen molar-refractivity contribution in [1.82, 2.24) is 0 Å². The van der Waals surface area contributed by atoms with E-state index in [-0.39, 0.29) is 12.2 Å². The van der Waals surface area contributed by atoms with Gasteiger partial charge in [-0.2, -0.15) is 0 Å². The third-order valence-electron chi connectivity index (χ3n) is 2.98. The van der Waals surface area contributed by atoms with Gasteiger partial charge in [0.25, 0.3) is 5.91 Å². The van der Waals surface area contributed by atoms with Crippen LogP contribution in [0.15, 0.2) is 18.2 Å². The Morgan fingerprint density at radius 3 is 2.84 bits per heavy atom. The maximum atomic E-state index is 11.9. The molecule has 100 valence electrons. The Labute approximate surface area is 109 Å². The van der Waals surface area contributed by atoms with E-state index in [0.29, 0.717) is 5.69 Å². The summed E-state index contributed by atoms with van der Waals surface area (Å²) < 4.78 is 4.67. The minimum Gasteiger partial charge on any atom is -0.461 e. The number of fused-ring (bicyclic) bond motifs is 1. The summed E-state index contributed by atoms with van der Waals surface area (Å²) in [6.45, 7) is 3.44. The first-order valence-electron chi connectivity index (χ1n) is 5.82. The van der Waals surface area contributed by atoms with Gasteiger partial charge in [-0.05, 0) is 19.9 Å². The van der Waals surface area contributed by atoms with Gasteiger partial charge < -0.3 is 15.2 Å². The number of hydrogen-bond donors (Lipinski definition) is 3. The number of rotatable bonds is 3. The maximum absolute atomic E-state index is 11.9. The SMILES string of the molecule is CCOC(=O)C(=N)C1(O)C(=O)Nc2ccc(C)cc21. The van der Waals surface area contributed by atoms with E-state index in [2.05, 4.69) is 10.1 Å². The Bertz CT molecular complexity index is 582. The van der Waals surface area contributed by atoms with Crippen LogP contribution in [-0.4, -0.2) is 29.3 Å². The fourth-order valence-electron chi connectivity index (χ4n) is 2.00. The van der Waals surface area contributed by atoms with Gasteiger partial charge >= 0.3 is 5.97 Å². The molecule has 2 rings (SSSR count). The van der Waals surface area contributed by atoms with E-state index in [0.717, 1.165) is 5.56 Å². The van der Waals surface area contributed by atoms with Crippen molar-refractivity contribution in [3.63, 3.8) is 0 Å². The van der Waals surface area contributed by atoms with Crippen LogP contribution in [-0.2, 0) is 19.9 Å². The van der Waals surface area contributed by atoms with Gasteiger partial charge in [-0.15, -0.1) is 0 Å². The summed E-state index contributed by atoms with van der Waals surface area (Å²) in [7, 11) is 0. The Hall–Kier alpha value is -2.21. The molecule has 0 aromatic heterocycles. The van der Waals surface area contributed by atoms with Crippen molar-refractivity contribution in [1.29, 1.82) is 5.41 Å². The highest BCUT2D eigenvalue weighted by Gasteiger charge is 2.52. The summed E-state index contributed by atoms with van der Waals surface area (Å²) in [6.07, 6.45) is 0. The Kier molecular flexibility index (Phi) is 3.11. The van der Waals surface area contributed by atoms with Crippen molar-refractivity contribution >= 4 is 23.3 Å². The molecule has 1 aromatic carbocycles. The molecule has 1 aromatic rings. The van der Waals surface area contributed by atoms with Crippen molar-refractivity contribution in [2.75, 3.05) is 11.9 Å². The molecule has 0 fully saturated rings. The van der Waals surface area contributed by atoms with E-state index < -0.39 is 23.2 Å². The lowest BCUT2D eigenvalue weighted by atomic mass is 9.89. The lowest BCUT2D eigenvalue weighted by Gasteiger charge is -2.20. The van der Waals surface area contributed by atoms with Crippen LogP contribution in [0.1, 0.15) is 18.1 Å². The number of aliphatic hydroxyl groups is 1. The van der Waals surface area contributed by atoms with E-state index in [1.54, 1.807) is 32.0 Å². The quantitative estimate of drug-likeness (QED) is 0.552. The molecule has 1 aliphatic rings. The summed E-state index contributed by atoms with van der Waals surface area (Å²) in [6, 6.07) is 4.96. The average molecular weight is 262 g/mol. The summed E-state index contributed by atoms with van der Waals surface area (Å²) in [4.78, 5) is 23.5. The number of benzene rings is 1. The molecule has 6 heteroatoms. The van der Waals surface area contributed by atoms with Gasteiger partial charge in [0.1, 0.15) is 0 Å². The lowest BCUT2D eigenvalue weighted by molar-refractivity contribution is -0.139. The number of carbonyl (C=O) groups excluding carboxylic acids is 2. The number of amides is 1. The van der Waals surface area contributed by atoms with Crippen LogP contribution < -0.4 is 5.32 Å². The highest BCUT2D eigenvalue weighted by molar-refractivity contribution is 6.45. The highest BCUT2D eigenvalue weighted by atomic mass is 16.5. The topological polar surface area (TPSA) is 99.5 Å². The van der Waals surface area contributed by atoms with Crippen LogP contribution in [0.5, 0.6) is 0 Å². The van der Waals surface area contributed by atoms with Crippen LogP contribution >= 0.6 is 0 Å². The van der Waals surface area contributed by atoms with E-state index in [1.807, 2.05) is 0 Å². The minimum absolute atomic E-state index is 0.0690. The van der Waals surface area contributed by atoms with Gasteiger partial charge in [0.05, 0.1) is 6.61 Å². The number of carbonyl (C=O) groups is 2. The first-order valence-corrected chi connectivity index (χ1v) is 5.82. The molecule has 0 bridgehead atoms. The van der Waals surface area contributed by atoms with Crippen LogP contribution in [0.4, 0.5) is 5.69 Å². The zero-order chi connectivity index (χ0) is 14.2.